The van der Waals surface area contributed by atoms with E-state index in [4.69, 9.17) is 11.5 Å². The lowest BCUT2D eigenvalue weighted by Gasteiger charge is -2.15. The predicted octanol–water partition coefficient (Wildman–Crippen LogP) is 8.17. The molecule has 48 heavy (non-hydrogen) atoms. The van der Waals surface area contributed by atoms with Gasteiger partial charge in [-0.25, -0.2) is 0 Å². The zero-order valence-electron chi connectivity index (χ0n) is 31.2. The lowest BCUT2D eigenvalue weighted by Crippen LogP contribution is -2.25. The molecule has 3 rings (SSSR count). The molecule has 0 heterocycles. The lowest BCUT2D eigenvalue weighted by molar-refractivity contribution is -0.120. The average molecular weight is 651 g/mol. The van der Waals surface area contributed by atoms with Crippen molar-refractivity contribution in [3.8, 4) is 23.7 Å². The van der Waals surface area contributed by atoms with Crippen LogP contribution >= 0.6 is 0 Å². The Labute approximate surface area is 293 Å². The van der Waals surface area contributed by atoms with Crippen LogP contribution in [0.5, 0.6) is 0 Å². The summed E-state index contributed by atoms with van der Waals surface area (Å²) in [4.78, 5) is 12.2. The number of allylic oxidation sites excluding steroid dienone is 7. The molecule has 1 atom stereocenters. The van der Waals surface area contributed by atoms with Gasteiger partial charge >= 0.3 is 0 Å². The highest BCUT2D eigenvalue weighted by molar-refractivity contribution is 5.78. The van der Waals surface area contributed by atoms with Gasteiger partial charge in [0.25, 0.3) is 0 Å². The van der Waals surface area contributed by atoms with Crippen LogP contribution in [0.3, 0.4) is 0 Å². The maximum atomic E-state index is 12.2. The summed E-state index contributed by atoms with van der Waals surface area (Å²) in [5, 5.41) is 6.16. The topological polar surface area (TPSA) is 93.2 Å². The molecule has 0 bridgehead atoms. The van der Waals surface area contributed by atoms with Crippen molar-refractivity contribution >= 4 is 5.91 Å². The van der Waals surface area contributed by atoms with Crippen LogP contribution in [0.25, 0.3) is 0 Å². The van der Waals surface area contributed by atoms with Gasteiger partial charge in [0.1, 0.15) is 0 Å². The van der Waals surface area contributed by atoms with Gasteiger partial charge in [-0.05, 0) is 41.0 Å². The normalized spacial score (nSPS) is 15.8. The summed E-state index contributed by atoms with van der Waals surface area (Å²) in [6.07, 6.45) is 12.1. The summed E-state index contributed by atoms with van der Waals surface area (Å²) >= 11 is 0. The molecule has 260 valence electrons. The molecule has 0 saturated heterocycles. The number of hydrogen-bond acceptors (Lipinski definition) is 4. The average Bonchev–Trinajstić information content (AvgIpc) is 3.06. The monoisotopic (exact) mass is 650 g/mol. The number of hydrogen-bond donors (Lipinski definition) is 4. The highest BCUT2D eigenvalue weighted by Gasteiger charge is 2.13. The van der Waals surface area contributed by atoms with Crippen LogP contribution < -0.4 is 22.1 Å². The number of rotatable bonds is 9. The molecule has 0 aliphatic heterocycles. The van der Waals surface area contributed by atoms with Crippen molar-refractivity contribution in [2.24, 2.45) is 22.3 Å². The highest BCUT2D eigenvalue weighted by atomic mass is 16.1. The van der Waals surface area contributed by atoms with Gasteiger partial charge in [-0.1, -0.05) is 165 Å². The Kier molecular flexibility index (Phi) is 22.6. The van der Waals surface area contributed by atoms with Gasteiger partial charge in [0.2, 0.25) is 5.91 Å². The fourth-order valence-corrected chi connectivity index (χ4v) is 3.94. The zero-order chi connectivity index (χ0) is 36.4. The maximum absolute atomic E-state index is 12.2. The van der Waals surface area contributed by atoms with E-state index in [1.165, 1.54) is 5.56 Å². The van der Waals surface area contributed by atoms with Crippen molar-refractivity contribution in [3.05, 3.63) is 119 Å². The van der Waals surface area contributed by atoms with Crippen LogP contribution in [0.4, 0.5) is 0 Å². The number of benzene rings is 2. The first-order chi connectivity index (χ1) is 22.9. The van der Waals surface area contributed by atoms with Gasteiger partial charge in [0, 0.05) is 30.8 Å². The van der Waals surface area contributed by atoms with Gasteiger partial charge in [0.15, 0.2) is 0 Å². The summed E-state index contributed by atoms with van der Waals surface area (Å²) < 4.78 is 0. The standard InChI is InChI=1S/C34H38N4O.C5H12.2C2H6/c1-27(23-29-10-14-31(25-35)15-11-29)37-22-6-20-34(2)18-3-7-28(8-4-19-34)9-5-21-38-33(39)24-30-12-16-32(26-36)17-13-30;1-5(2,3)4;2*1-2/h3-4,7,10-19,37H,1,8,21-26,35-36H2,2H3,(H,38,39);1-4H3;2*1-2H3/b18-3-,19-4-,28-7?;;;. The van der Waals surface area contributed by atoms with E-state index in [9.17, 15) is 4.79 Å². The van der Waals surface area contributed by atoms with E-state index in [2.05, 4.69) is 106 Å². The van der Waals surface area contributed by atoms with Crippen LogP contribution in [-0.4, -0.2) is 19.0 Å². The Morgan fingerprint density at radius 2 is 1.27 bits per heavy atom. The Balaban J connectivity index is 0.00000221. The van der Waals surface area contributed by atoms with Crippen molar-refractivity contribution in [3.63, 3.8) is 0 Å². The third-order valence-electron chi connectivity index (χ3n) is 6.25. The van der Waals surface area contributed by atoms with Crippen LogP contribution in [0.2, 0.25) is 0 Å². The molecule has 0 aromatic heterocycles. The second-order valence-electron chi connectivity index (χ2n) is 12.7. The number of amides is 1. The minimum atomic E-state index is -0.354. The minimum absolute atomic E-state index is 0.0511. The number of nitrogens with one attached hydrogen (secondary N) is 2. The van der Waals surface area contributed by atoms with Crippen LogP contribution in [0.1, 0.15) is 91.0 Å². The Hall–Kier alpha value is -4.29. The number of carbonyl (C=O) groups excluding carboxylic acids is 1. The second-order valence-corrected chi connectivity index (χ2v) is 12.7. The molecule has 1 aliphatic rings. The Bertz CT molecular complexity index is 1430. The summed E-state index contributed by atoms with van der Waals surface area (Å²) in [5.74, 6) is 12.7. The molecular weight excluding hydrogens is 589 g/mol. The zero-order valence-corrected chi connectivity index (χ0v) is 31.2. The van der Waals surface area contributed by atoms with Crippen LogP contribution in [-0.2, 0) is 30.7 Å². The van der Waals surface area contributed by atoms with Gasteiger partial charge in [-0.2, -0.15) is 0 Å². The molecule has 1 amide bonds. The van der Waals surface area contributed by atoms with Gasteiger partial charge in [0.05, 0.1) is 24.9 Å². The maximum Gasteiger partial charge on any atom is 0.225 e. The van der Waals surface area contributed by atoms with Gasteiger partial charge in [-0.15, -0.1) is 0 Å². The van der Waals surface area contributed by atoms with E-state index in [1.807, 2.05) is 76.2 Å². The third-order valence-corrected chi connectivity index (χ3v) is 6.25. The quantitative estimate of drug-likeness (QED) is 0.163. The number of nitrogens with two attached hydrogens (primary N) is 2. The summed E-state index contributed by atoms with van der Waals surface area (Å²) in [5.41, 5.74) is 17.7. The molecule has 2 aromatic carbocycles. The van der Waals surface area contributed by atoms with Crippen LogP contribution in [0, 0.1) is 34.5 Å². The fraction of sp³-hybridized carbons (Fsp3) is 0.419. The molecule has 6 N–H and O–H groups in total. The van der Waals surface area contributed by atoms with Crippen molar-refractivity contribution in [1.82, 2.24) is 10.6 Å². The Morgan fingerprint density at radius 3 is 1.79 bits per heavy atom. The second kappa shape index (κ2) is 24.8. The molecule has 0 radical (unpaired) electrons. The predicted molar refractivity (Wildman–Crippen MR) is 209 cm³/mol. The van der Waals surface area contributed by atoms with E-state index in [-0.39, 0.29) is 11.3 Å². The van der Waals surface area contributed by atoms with E-state index in [0.717, 1.165) is 34.4 Å². The van der Waals surface area contributed by atoms with Crippen molar-refractivity contribution in [2.75, 3.05) is 13.1 Å². The SMILES string of the molecule is C=C(Cc1ccc(CN)cc1)NCC#CC1(C)/C=C\C=C(C#CCNC(=O)Cc2ccc(CN)cc2)C/C=C\1.CC.CC.CC(C)(C)C. The molecule has 0 spiro atoms. The molecule has 1 unspecified atom stereocenters. The molecular formula is C43H62N4O. The largest absolute Gasteiger partial charge is 0.378 e. The van der Waals surface area contributed by atoms with Crippen molar-refractivity contribution in [2.45, 2.75) is 94.7 Å². The minimum Gasteiger partial charge on any atom is -0.378 e. The lowest BCUT2D eigenvalue weighted by atomic mass is 9.88. The van der Waals surface area contributed by atoms with Crippen LogP contribution in [0.15, 0.2) is 96.8 Å². The van der Waals surface area contributed by atoms with E-state index in [1.54, 1.807) is 0 Å². The molecule has 0 saturated carbocycles. The first-order valence-electron chi connectivity index (χ1n) is 17.2. The van der Waals surface area contributed by atoms with E-state index in [0.29, 0.717) is 44.4 Å². The first kappa shape index (κ1) is 43.7. The fourth-order valence-electron chi connectivity index (χ4n) is 3.94. The van der Waals surface area contributed by atoms with Gasteiger partial charge in [-0.3, -0.25) is 4.79 Å². The summed E-state index contributed by atoms with van der Waals surface area (Å²) in [7, 11) is 0. The van der Waals surface area contributed by atoms with E-state index >= 15 is 0 Å². The van der Waals surface area contributed by atoms with Crippen molar-refractivity contribution in [1.29, 1.82) is 0 Å². The highest BCUT2D eigenvalue weighted by Crippen LogP contribution is 2.22. The molecule has 5 nitrogen and oxygen atoms in total. The third kappa shape index (κ3) is 21.5. The van der Waals surface area contributed by atoms with Gasteiger partial charge < -0.3 is 22.1 Å². The number of carbonyl (C=O) groups is 1. The molecule has 0 fully saturated rings. The summed E-state index contributed by atoms with van der Waals surface area (Å²) in [6.45, 7) is 24.8. The Morgan fingerprint density at radius 1 is 0.792 bits per heavy atom. The molecule has 1 aliphatic carbocycles. The van der Waals surface area contributed by atoms with E-state index < -0.39 is 0 Å². The first-order valence-corrected chi connectivity index (χ1v) is 17.2. The van der Waals surface area contributed by atoms with Crippen molar-refractivity contribution < 1.29 is 4.79 Å². The molecule has 5 heteroatoms. The molecule has 2 aromatic rings. The summed E-state index contributed by atoms with van der Waals surface area (Å²) in [6, 6.07) is 16.0. The smallest absolute Gasteiger partial charge is 0.225 e.